The molecule has 0 heterocycles. The highest BCUT2D eigenvalue weighted by atomic mass is 19.2. The van der Waals surface area contributed by atoms with E-state index in [-0.39, 0.29) is 0 Å². The van der Waals surface area contributed by atoms with Crippen LogP contribution in [-0.2, 0) is 6.42 Å². The highest BCUT2D eigenvalue weighted by Gasteiger charge is 2.31. The fraction of sp³-hybridized carbons (Fsp3) is 0.667. The van der Waals surface area contributed by atoms with Crippen LogP contribution in [0.25, 0.3) is 0 Å². The Balaban J connectivity index is 1.95. The summed E-state index contributed by atoms with van der Waals surface area (Å²) >= 11 is 0. The molecule has 1 aliphatic carbocycles. The SMILES string of the molecule is CCNCCC1(CCc2ccc(F)c(F)c2)CCCCC1. The molecule has 1 N–H and O–H groups in total. The highest BCUT2D eigenvalue weighted by Crippen LogP contribution is 2.42. The van der Waals surface area contributed by atoms with E-state index in [2.05, 4.69) is 12.2 Å². The molecule has 1 aromatic carbocycles. The Bertz CT molecular complexity index is 439. The van der Waals surface area contributed by atoms with Crippen LogP contribution in [0.1, 0.15) is 57.4 Å². The van der Waals surface area contributed by atoms with E-state index in [9.17, 15) is 8.78 Å². The largest absolute Gasteiger partial charge is 0.317 e. The first kappa shape index (κ1) is 16.4. The predicted octanol–water partition coefficient (Wildman–Crippen LogP) is 4.85. The number of hydrogen-bond acceptors (Lipinski definition) is 1. The fourth-order valence-electron chi connectivity index (χ4n) is 3.56. The third-order valence-electron chi connectivity index (χ3n) is 4.92. The maximum Gasteiger partial charge on any atom is 0.159 e. The maximum absolute atomic E-state index is 13.3. The van der Waals surface area contributed by atoms with E-state index in [0.717, 1.165) is 31.5 Å². The first-order chi connectivity index (χ1) is 10.2. The van der Waals surface area contributed by atoms with Crippen molar-refractivity contribution in [2.75, 3.05) is 13.1 Å². The molecule has 0 aliphatic heterocycles. The van der Waals surface area contributed by atoms with Gasteiger partial charge < -0.3 is 5.32 Å². The smallest absolute Gasteiger partial charge is 0.159 e. The monoisotopic (exact) mass is 295 g/mol. The van der Waals surface area contributed by atoms with Gasteiger partial charge in [0.25, 0.3) is 0 Å². The van der Waals surface area contributed by atoms with Crippen molar-refractivity contribution in [1.82, 2.24) is 5.32 Å². The first-order valence-electron chi connectivity index (χ1n) is 8.30. The van der Waals surface area contributed by atoms with Gasteiger partial charge in [-0.2, -0.15) is 0 Å². The Labute approximate surface area is 127 Å². The minimum Gasteiger partial charge on any atom is -0.317 e. The average molecular weight is 295 g/mol. The molecule has 1 aromatic rings. The van der Waals surface area contributed by atoms with Crippen molar-refractivity contribution in [2.24, 2.45) is 5.41 Å². The van der Waals surface area contributed by atoms with Crippen molar-refractivity contribution in [3.63, 3.8) is 0 Å². The van der Waals surface area contributed by atoms with Crippen LogP contribution < -0.4 is 5.32 Å². The van der Waals surface area contributed by atoms with Crippen LogP contribution in [-0.4, -0.2) is 13.1 Å². The predicted molar refractivity (Wildman–Crippen MR) is 83.4 cm³/mol. The lowest BCUT2D eigenvalue weighted by atomic mass is 9.68. The Hall–Kier alpha value is -0.960. The van der Waals surface area contributed by atoms with Crippen molar-refractivity contribution >= 4 is 0 Å². The quantitative estimate of drug-likeness (QED) is 0.709. The van der Waals surface area contributed by atoms with Crippen LogP contribution in [0.3, 0.4) is 0 Å². The van der Waals surface area contributed by atoms with E-state index < -0.39 is 11.6 Å². The van der Waals surface area contributed by atoms with Gasteiger partial charge in [0.1, 0.15) is 0 Å². The minimum absolute atomic E-state index is 0.394. The second kappa shape index (κ2) is 7.88. The Morgan fingerprint density at radius 3 is 2.48 bits per heavy atom. The summed E-state index contributed by atoms with van der Waals surface area (Å²) in [5.41, 5.74) is 1.31. The van der Waals surface area contributed by atoms with Gasteiger partial charge in [0, 0.05) is 0 Å². The van der Waals surface area contributed by atoms with Crippen LogP contribution in [0.2, 0.25) is 0 Å². The van der Waals surface area contributed by atoms with Crippen molar-refractivity contribution in [2.45, 2.75) is 58.3 Å². The Morgan fingerprint density at radius 1 is 1.05 bits per heavy atom. The van der Waals surface area contributed by atoms with E-state index in [0.29, 0.717) is 5.41 Å². The van der Waals surface area contributed by atoms with Gasteiger partial charge in [-0.25, -0.2) is 8.78 Å². The summed E-state index contributed by atoms with van der Waals surface area (Å²) in [4.78, 5) is 0. The molecular weight excluding hydrogens is 268 g/mol. The van der Waals surface area contributed by atoms with Crippen molar-refractivity contribution < 1.29 is 8.78 Å². The lowest BCUT2D eigenvalue weighted by Crippen LogP contribution is -2.30. The van der Waals surface area contributed by atoms with Crippen molar-refractivity contribution in [1.29, 1.82) is 0 Å². The van der Waals surface area contributed by atoms with Gasteiger partial charge in [0.2, 0.25) is 0 Å². The van der Waals surface area contributed by atoms with Crippen molar-refractivity contribution in [3.8, 4) is 0 Å². The number of nitrogens with one attached hydrogen (secondary N) is 1. The molecule has 0 bridgehead atoms. The molecule has 3 heteroatoms. The molecule has 1 aliphatic rings. The summed E-state index contributed by atoms with van der Waals surface area (Å²) < 4.78 is 26.3. The van der Waals surface area contributed by atoms with Crippen LogP contribution in [0.15, 0.2) is 18.2 Å². The summed E-state index contributed by atoms with van der Waals surface area (Å²) in [5.74, 6) is -1.48. The summed E-state index contributed by atoms with van der Waals surface area (Å²) in [6.07, 6.45) is 9.66. The summed E-state index contributed by atoms with van der Waals surface area (Å²) in [6.45, 7) is 4.21. The number of aryl methyl sites for hydroxylation is 1. The lowest BCUT2D eigenvalue weighted by molar-refractivity contribution is 0.157. The molecule has 21 heavy (non-hydrogen) atoms. The molecule has 0 spiro atoms. The minimum atomic E-state index is -0.752. The third kappa shape index (κ3) is 4.77. The van der Waals surface area contributed by atoms with Gasteiger partial charge in [-0.1, -0.05) is 32.3 Å². The molecule has 0 amide bonds. The van der Waals surface area contributed by atoms with Gasteiger partial charge in [-0.05, 0) is 68.3 Å². The topological polar surface area (TPSA) is 12.0 Å². The number of benzene rings is 1. The van der Waals surface area contributed by atoms with Crippen LogP contribution in [0, 0.1) is 17.0 Å². The van der Waals surface area contributed by atoms with Gasteiger partial charge >= 0.3 is 0 Å². The molecule has 1 saturated carbocycles. The molecule has 2 rings (SSSR count). The first-order valence-corrected chi connectivity index (χ1v) is 8.30. The van der Waals surface area contributed by atoms with E-state index in [1.165, 1.54) is 50.7 Å². The number of rotatable bonds is 7. The van der Waals surface area contributed by atoms with E-state index in [1.807, 2.05) is 0 Å². The summed E-state index contributed by atoms with van der Waals surface area (Å²) in [6, 6.07) is 4.33. The molecule has 0 radical (unpaired) electrons. The molecular formula is C18H27F2N. The molecule has 0 unspecified atom stereocenters. The second-order valence-electron chi connectivity index (χ2n) is 6.41. The van der Waals surface area contributed by atoms with Gasteiger partial charge in [0.05, 0.1) is 0 Å². The maximum atomic E-state index is 13.3. The molecule has 0 aromatic heterocycles. The molecule has 1 nitrogen and oxygen atoms in total. The zero-order chi connectivity index (χ0) is 15.1. The average Bonchev–Trinajstić information content (AvgIpc) is 2.50. The number of hydrogen-bond donors (Lipinski definition) is 1. The van der Waals surface area contributed by atoms with E-state index in [1.54, 1.807) is 6.07 Å². The summed E-state index contributed by atoms with van der Waals surface area (Å²) in [7, 11) is 0. The highest BCUT2D eigenvalue weighted by molar-refractivity contribution is 5.18. The fourth-order valence-corrected chi connectivity index (χ4v) is 3.56. The third-order valence-corrected chi connectivity index (χ3v) is 4.92. The zero-order valence-corrected chi connectivity index (χ0v) is 13.1. The van der Waals surface area contributed by atoms with Crippen LogP contribution >= 0.6 is 0 Å². The second-order valence-corrected chi connectivity index (χ2v) is 6.41. The Kier molecular flexibility index (Phi) is 6.16. The normalized spacial score (nSPS) is 17.9. The zero-order valence-electron chi connectivity index (χ0n) is 13.1. The van der Waals surface area contributed by atoms with Crippen molar-refractivity contribution in [3.05, 3.63) is 35.4 Å². The van der Waals surface area contributed by atoms with Gasteiger partial charge in [-0.3, -0.25) is 0 Å². The molecule has 118 valence electrons. The molecule has 0 atom stereocenters. The van der Waals surface area contributed by atoms with E-state index >= 15 is 0 Å². The Morgan fingerprint density at radius 2 is 1.81 bits per heavy atom. The van der Waals surface area contributed by atoms with Gasteiger partial charge in [-0.15, -0.1) is 0 Å². The van der Waals surface area contributed by atoms with E-state index in [4.69, 9.17) is 0 Å². The van der Waals surface area contributed by atoms with Crippen LogP contribution in [0.4, 0.5) is 8.78 Å². The number of halogens is 2. The molecule has 1 fully saturated rings. The molecule has 0 saturated heterocycles. The van der Waals surface area contributed by atoms with Gasteiger partial charge in [0.15, 0.2) is 11.6 Å². The standard InChI is InChI=1S/C18H27F2N/c1-2-21-13-12-18(9-4-3-5-10-18)11-8-15-6-7-16(19)17(20)14-15/h6-7,14,21H,2-5,8-13H2,1H3. The lowest BCUT2D eigenvalue weighted by Gasteiger charge is -2.38. The van der Waals surface area contributed by atoms with Crippen LogP contribution in [0.5, 0.6) is 0 Å². The summed E-state index contributed by atoms with van der Waals surface area (Å²) in [5, 5.41) is 3.43.